The highest BCUT2D eigenvalue weighted by Crippen LogP contribution is 2.41. The van der Waals surface area contributed by atoms with Gasteiger partial charge in [0.05, 0.1) is 19.0 Å². The maximum Gasteiger partial charge on any atom is 0.167 e. The van der Waals surface area contributed by atoms with Gasteiger partial charge in [-0.05, 0) is 6.92 Å². The number of rotatable bonds is 2. The Bertz CT molecular complexity index is 645. The lowest BCUT2D eigenvalue weighted by molar-refractivity contribution is -0.115. The molecule has 1 saturated heterocycles. The van der Waals surface area contributed by atoms with Gasteiger partial charge in [-0.25, -0.2) is 15.0 Å². The third-order valence-electron chi connectivity index (χ3n) is 3.94. The van der Waals surface area contributed by atoms with Gasteiger partial charge in [-0.15, -0.1) is 0 Å². The van der Waals surface area contributed by atoms with Crippen LogP contribution in [0.3, 0.4) is 0 Å². The van der Waals surface area contributed by atoms with Gasteiger partial charge in [0.2, 0.25) is 0 Å². The zero-order valence-electron chi connectivity index (χ0n) is 11.3. The summed E-state index contributed by atoms with van der Waals surface area (Å²) in [5, 5.41) is 19.7. The van der Waals surface area contributed by atoms with Gasteiger partial charge in [-0.2, -0.15) is 0 Å². The molecule has 0 aromatic carbocycles. The topological polar surface area (TPSA) is 119 Å². The maximum atomic E-state index is 10.2. The van der Waals surface area contributed by atoms with Crippen LogP contribution in [0.25, 0.3) is 11.2 Å². The summed E-state index contributed by atoms with van der Waals surface area (Å²) in [6.07, 6.45) is 1.67. The molecule has 0 amide bonds. The largest absolute Gasteiger partial charge is 0.393 e. The Morgan fingerprint density at radius 3 is 2.85 bits per heavy atom. The van der Waals surface area contributed by atoms with E-state index in [0.29, 0.717) is 17.0 Å². The monoisotopic (exact) mass is 279 g/mol. The van der Waals surface area contributed by atoms with Crippen molar-refractivity contribution in [2.45, 2.75) is 31.8 Å². The third-order valence-corrected chi connectivity index (χ3v) is 3.94. The summed E-state index contributed by atoms with van der Waals surface area (Å²) < 4.78 is 7.55. The molecule has 2 aromatic rings. The molecule has 1 aliphatic heterocycles. The first-order valence-electron chi connectivity index (χ1n) is 6.37. The first-order chi connectivity index (χ1) is 9.48. The normalized spacial score (nSPS) is 33.9. The highest BCUT2D eigenvalue weighted by atomic mass is 16.6. The van der Waals surface area contributed by atoms with Crippen LogP contribution in [-0.2, 0) is 4.74 Å². The molecule has 0 radical (unpaired) electrons. The van der Waals surface area contributed by atoms with Crippen LogP contribution in [0.1, 0.15) is 20.1 Å². The molecule has 0 saturated carbocycles. The van der Waals surface area contributed by atoms with E-state index in [0.717, 1.165) is 0 Å². The first-order valence-corrected chi connectivity index (χ1v) is 6.37. The van der Waals surface area contributed by atoms with Crippen molar-refractivity contribution in [3.05, 3.63) is 12.7 Å². The van der Waals surface area contributed by atoms with Gasteiger partial charge in [0.1, 0.15) is 23.7 Å². The molecule has 0 bridgehead atoms. The summed E-state index contributed by atoms with van der Waals surface area (Å²) in [4.78, 5) is 12.2. The maximum absolute atomic E-state index is 10.2. The second-order valence-electron chi connectivity index (χ2n) is 5.37. The molecule has 0 spiro atoms. The fourth-order valence-electron chi connectivity index (χ4n) is 2.66. The van der Waals surface area contributed by atoms with Gasteiger partial charge in [-0.1, -0.05) is 6.92 Å². The van der Waals surface area contributed by atoms with Crippen LogP contribution in [0.2, 0.25) is 0 Å². The van der Waals surface area contributed by atoms with Crippen molar-refractivity contribution in [2.75, 3.05) is 12.3 Å². The summed E-state index contributed by atoms with van der Waals surface area (Å²) in [7, 11) is 0. The van der Waals surface area contributed by atoms with E-state index in [1.165, 1.54) is 6.33 Å². The van der Waals surface area contributed by atoms with Crippen LogP contribution in [-0.4, -0.2) is 48.0 Å². The number of aliphatic hydroxyl groups is 2. The molecule has 0 unspecified atom stereocenters. The molecular weight excluding hydrogens is 262 g/mol. The minimum atomic E-state index is -1.00. The van der Waals surface area contributed by atoms with E-state index in [-0.39, 0.29) is 12.5 Å². The van der Waals surface area contributed by atoms with Crippen LogP contribution in [0.4, 0.5) is 5.82 Å². The second-order valence-corrected chi connectivity index (χ2v) is 5.37. The number of ether oxygens (including phenoxy) is 1. The molecule has 2 aromatic heterocycles. The van der Waals surface area contributed by atoms with Crippen LogP contribution in [0.15, 0.2) is 12.7 Å². The second kappa shape index (κ2) is 4.37. The number of aliphatic hydroxyl groups excluding tert-OH is 2. The molecule has 3 rings (SSSR count). The summed E-state index contributed by atoms with van der Waals surface area (Å²) in [5.74, 6) is 0.0746. The third kappa shape index (κ3) is 1.69. The fourth-order valence-corrected chi connectivity index (χ4v) is 2.66. The average Bonchev–Trinajstić information content (AvgIpc) is 2.96. The van der Waals surface area contributed by atoms with Crippen molar-refractivity contribution < 1.29 is 14.9 Å². The SMILES string of the molecule is C[C@@H]1[C@@H](n2cnc3c(N)ncnc32)O[C@](C)(CO)[C@H]1O. The Morgan fingerprint density at radius 1 is 1.45 bits per heavy atom. The zero-order valence-corrected chi connectivity index (χ0v) is 11.3. The molecule has 4 atom stereocenters. The van der Waals surface area contributed by atoms with Crippen LogP contribution in [0, 0.1) is 5.92 Å². The van der Waals surface area contributed by atoms with Crippen molar-refractivity contribution in [1.29, 1.82) is 0 Å². The minimum absolute atomic E-state index is 0.222. The van der Waals surface area contributed by atoms with Crippen molar-refractivity contribution in [3.63, 3.8) is 0 Å². The van der Waals surface area contributed by atoms with Crippen LogP contribution >= 0.6 is 0 Å². The van der Waals surface area contributed by atoms with E-state index >= 15 is 0 Å². The average molecular weight is 279 g/mol. The Morgan fingerprint density at radius 2 is 2.20 bits per heavy atom. The number of nitrogen functional groups attached to an aromatic ring is 1. The first kappa shape index (κ1) is 13.2. The molecular formula is C12H17N5O3. The number of fused-ring (bicyclic) bond motifs is 1. The molecule has 1 fully saturated rings. The van der Waals surface area contributed by atoms with Gasteiger partial charge < -0.3 is 20.7 Å². The van der Waals surface area contributed by atoms with Gasteiger partial charge in [0.15, 0.2) is 11.5 Å². The molecule has 0 aliphatic carbocycles. The Kier molecular flexibility index (Phi) is 2.89. The molecule has 3 heterocycles. The fraction of sp³-hybridized carbons (Fsp3) is 0.583. The minimum Gasteiger partial charge on any atom is -0.393 e. The molecule has 20 heavy (non-hydrogen) atoms. The quantitative estimate of drug-likeness (QED) is 0.689. The number of hydrogen-bond acceptors (Lipinski definition) is 7. The van der Waals surface area contributed by atoms with E-state index in [9.17, 15) is 10.2 Å². The van der Waals surface area contributed by atoms with Gasteiger partial charge >= 0.3 is 0 Å². The van der Waals surface area contributed by atoms with Crippen molar-refractivity contribution in [2.24, 2.45) is 5.92 Å². The molecule has 8 nitrogen and oxygen atoms in total. The predicted octanol–water partition coefficient (Wildman–Crippen LogP) is -0.315. The van der Waals surface area contributed by atoms with Crippen LogP contribution < -0.4 is 5.73 Å². The van der Waals surface area contributed by atoms with E-state index in [2.05, 4.69) is 15.0 Å². The Labute approximate surface area is 115 Å². The summed E-state index contributed by atoms with van der Waals surface area (Å²) in [6, 6.07) is 0. The van der Waals surface area contributed by atoms with E-state index in [1.54, 1.807) is 17.8 Å². The standard InChI is InChI=1S/C12H17N5O3/c1-6-8(19)12(2,3-18)20-11(6)17-5-16-7-9(13)14-4-15-10(7)17/h4-6,8,11,18-19H,3H2,1-2H3,(H2,13,14,15)/t6-,8-,11-,12+/m0/s1. The van der Waals surface area contributed by atoms with E-state index in [1.807, 2.05) is 6.92 Å². The highest BCUT2D eigenvalue weighted by Gasteiger charge is 2.50. The number of anilines is 1. The highest BCUT2D eigenvalue weighted by molar-refractivity contribution is 5.81. The molecule has 4 N–H and O–H groups in total. The number of nitrogens with two attached hydrogens (primary N) is 1. The lowest BCUT2D eigenvalue weighted by Crippen LogP contribution is -2.41. The smallest absolute Gasteiger partial charge is 0.167 e. The van der Waals surface area contributed by atoms with Gasteiger partial charge in [0.25, 0.3) is 0 Å². The Hall–Kier alpha value is -1.77. The summed E-state index contributed by atoms with van der Waals surface area (Å²) >= 11 is 0. The summed E-state index contributed by atoms with van der Waals surface area (Å²) in [5.41, 5.74) is 5.79. The van der Waals surface area contributed by atoms with E-state index < -0.39 is 17.9 Å². The molecule has 8 heteroatoms. The Balaban J connectivity index is 2.06. The van der Waals surface area contributed by atoms with Gasteiger partial charge in [-0.3, -0.25) is 4.57 Å². The molecule has 108 valence electrons. The number of hydrogen-bond donors (Lipinski definition) is 3. The number of aromatic nitrogens is 4. The zero-order chi connectivity index (χ0) is 14.5. The van der Waals surface area contributed by atoms with Gasteiger partial charge in [0, 0.05) is 5.92 Å². The molecule has 1 aliphatic rings. The van der Waals surface area contributed by atoms with Crippen molar-refractivity contribution in [3.8, 4) is 0 Å². The predicted molar refractivity (Wildman–Crippen MR) is 70.5 cm³/mol. The van der Waals surface area contributed by atoms with Crippen molar-refractivity contribution >= 4 is 17.0 Å². The van der Waals surface area contributed by atoms with E-state index in [4.69, 9.17) is 10.5 Å². The number of nitrogens with zero attached hydrogens (tertiary/aromatic N) is 4. The number of imidazole rings is 1. The van der Waals surface area contributed by atoms with Crippen LogP contribution in [0.5, 0.6) is 0 Å². The lowest BCUT2D eigenvalue weighted by Gasteiger charge is -2.25. The summed E-state index contributed by atoms with van der Waals surface area (Å²) in [6.45, 7) is 3.27. The lowest BCUT2D eigenvalue weighted by atomic mass is 9.93. The van der Waals surface area contributed by atoms with Crippen molar-refractivity contribution in [1.82, 2.24) is 19.5 Å².